The highest BCUT2D eigenvalue weighted by molar-refractivity contribution is 6.29. The molecular weight excluding hydrogens is 1470 g/mol. The summed E-state index contributed by atoms with van der Waals surface area (Å²) in [5.41, 5.74) is 15.3. The summed E-state index contributed by atoms with van der Waals surface area (Å²) in [7, 11) is 0. The number of hydrogen-bond acceptors (Lipinski definition) is 25. The maximum atomic E-state index is 13.1. The zero-order chi connectivity index (χ0) is 82.8. The minimum absolute atomic E-state index is 0.0394. The molecule has 0 saturated carbocycles. The molecule has 114 heavy (non-hydrogen) atoms. The molecule has 30 heteroatoms. The lowest BCUT2D eigenvalue weighted by atomic mass is 9.99. The summed E-state index contributed by atoms with van der Waals surface area (Å²) in [4.78, 5) is 117. The molecule has 0 saturated heterocycles. The standard InChI is InChI=1S/C29H45N7O3.C26H38N6O3.C24H41N5O3.C5H5ClN2/c1-21-19-30-20-26(33-21)35-25(28(38)39-29(3,4)5)13-17-36(18-15-31-22(2)37)16-7-6-10-24-12-11-23-9-8-14-32-27(23)34-24;1-19-17-27-18-24(30-19)16-22(26(34)35)10-14-32(15-12-28-20(2)33)13-4-3-7-23-9-8-21-6-5-11-29-25(21)31-23;1-18(30)26-14-17-29(16-12-21(25)23(31)32-24(2,3)4)15-6-5-9-20-11-10-19-8-7-13-27-22(19)28-20;1-4-2-7-3-5(6)8-4/h11-12,19-20,25H,6-10,13-18H2,1-5H3,(H,31,37)(H,32,34)(H,33,35);8-9,17-18,22H,3-7,10-16H2,1-2H3,(H,28,33)(H,29,31)(H,34,35);10-11,21H,5-9,12-17,25H2,1-4H3,(H,26,30)(H,27,28);2-3H,1H3/t25-;22-;21-;/m010./s1. The Labute approximate surface area is 680 Å². The summed E-state index contributed by atoms with van der Waals surface area (Å²) in [5, 5.41) is 32.2. The Kier molecular flexibility index (Phi) is 41.3. The highest BCUT2D eigenvalue weighted by atomic mass is 35.5. The highest BCUT2D eigenvalue weighted by Gasteiger charge is 2.28. The van der Waals surface area contributed by atoms with E-state index in [2.05, 4.69) is 118 Å². The summed E-state index contributed by atoms with van der Waals surface area (Å²) in [6.45, 7) is 32.6. The van der Waals surface area contributed by atoms with Crippen LogP contribution < -0.4 is 43.0 Å². The number of nitrogens with two attached hydrogens (primary N) is 1. The summed E-state index contributed by atoms with van der Waals surface area (Å²) in [6.07, 6.45) is 27.2. The zero-order valence-electron chi connectivity index (χ0n) is 69.7. The number of hydrogen-bond donors (Lipinski definition) is 9. The van der Waals surface area contributed by atoms with Gasteiger partial charge in [0.25, 0.3) is 0 Å². The second-order valence-electron chi connectivity index (χ2n) is 31.5. The number of carbonyl (C=O) groups is 6. The van der Waals surface area contributed by atoms with Gasteiger partial charge in [0.1, 0.15) is 51.7 Å². The third-order valence-corrected chi connectivity index (χ3v) is 19.0. The number of carboxylic acid groups (broad SMARTS) is 1. The van der Waals surface area contributed by atoms with Crippen LogP contribution in [0.25, 0.3) is 0 Å². The van der Waals surface area contributed by atoms with Gasteiger partial charge >= 0.3 is 17.9 Å². The fourth-order valence-electron chi connectivity index (χ4n) is 13.0. The van der Waals surface area contributed by atoms with Gasteiger partial charge in [-0.05, 0) is 239 Å². The van der Waals surface area contributed by atoms with E-state index in [1.54, 1.807) is 31.0 Å². The molecule has 6 aromatic heterocycles. The molecule has 0 unspecified atom stereocenters. The van der Waals surface area contributed by atoms with Crippen LogP contribution in [-0.2, 0) is 83.2 Å². The third-order valence-electron chi connectivity index (χ3n) is 18.8. The molecule has 626 valence electrons. The van der Waals surface area contributed by atoms with E-state index >= 15 is 0 Å². The minimum Gasteiger partial charge on any atom is -0.481 e. The number of aromatic nitrogens is 9. The van der Waals surface area contributed by atoms with Crippen molar-refractivity contribution in [1.82, 2.24) is 75.5 Å². The number of pyridine rings is 3. The van der Waals surface area contributed by atoms with E-state index in [4.69, 9.17) is 41.8 Å². The molecule has 6 aromatic rings. The first-order valence-electron chi connectivity index (χ1n) is 40.7. The summed E-state index contributed by atoms with van der Waals surface area (Å²) < 4.78 is 11.1. The number of esters is 2. The van der Waals surface area contributed by atoms with Crippen LogP contribution in [0.15, 0.2) is 73.6 Å². The molecule has 29 nitrogen and oxygen atoms in total. The van der Waals surface area contributed by atoms with Crippen LogP contribution in [-0.4, -0.2) is 222 Å². The van der Waals surface area contributed by atoms with Crippen molar-refractivity contribution in [2.24, 2.45) is 11.7 Å². The lowest BCUT2D eigenvalue weighted by Gasteiger charge is -2.28. The molecule has 3 aliphatic heterocycles. The van der Waals surface area contributed by atoms with Gasteiger partial charge in [0.15, 0.2) is 0 Å². The largest absolute Gasteiger partial charge is 0.481 e. The Morgan fingerprint density at radius 3 is 1.26 bits per heavy atom. The smallest absolute Gasteiger partial charge is 0.329 e. The number of carbonyl (C=O) groups excluding carboxylic acids is 5. The SMILES string of the molecule is CC(=O)NCCN(CCCCc1ccc2c(n1)NCCC2)CC[C@H](Cc1cncc(C)n1)C(=O)O.CC(=O)NCCN(CCCCc1ccc2c(n1)NCCC2)CC[C@H](N)C(=O)OC(C)(C)C.CC(=O)NCCN(CCCCc1ccc2c(n1)NCCC2)CC[C@H](Nc1cncc(C)n1)C(=O)OC(C)(C)C.Cc1cncc(Cl)n1. The zero-order valence-corrected chi connectivity index (χ0v) is 70.5. The van der Waals surface area contributed by atoms with Crippen LogP contribution in [0.4, 0.5) is 23.3 Å². The van der Waals surface area contributed by atoms with Gasteiger partial charge in [-0.1, -0.05) is 29.8 Å². The Morgan fingerprint density at radius 2 is 0.877 bits per heavy atom. The maximum Gasteiger partial charge on any atom is 0.329 e. The highest BCUT2D eigenvalue weighted by Crippen LogP contribution is 2.25. The second-order valence-corrected chi connectivity index (χ2v) is 31.9. The topological polar surface area (TPSA) is 377 Å². The molecule has 3 aliphatic rings. The minimum atomic E-state index is -0.817. The van der Waals surface area contributed by atoms with Gasteiger partial charge in [-0.2, -0.15) is 0 Å². The first-order valence-corrected chi connectivity index (χ1v) is 41.1. The number of ether oxygens (including phenoxy) is 2. The number of amides is 3. The van der Waals surface area contributed by atoms with Crippen LogP contribution in [0, 0.1) is 26.7 Å². The van der Waals surface area contributed by atoms with E-state index < -0.39 is 35.2 Å². The maximum absolute atomic E-state index is 13.1. The summed E-state index contributed by atoms with van der Waals surface area (Å²) in [6, 6.07) is 11.8. The lowest BCUT2D eigenvalue weighted by molar-refractivity contribution is -0.157. The monoisotopic (exact) mass is 1600 g/mol. The van der Waals surface area contributed by atoms with E-state index in [1.807, 2.05) is 62.3 Å². The van der Waals surface area contributed by atoms with E-state index in [1.165, 1.54) is 50.1 Å². The quantitative estimate of drug-likeness (QED) is 0.0128. The number of carboxylic acids is 1. The van der Waals surface area contributed by atoms with Crippen molar-refractivity contribution in [3.05, 3.63) is 135 Å². The van der Waals surface area contributed by atoms with Crippen LogP contribution >= 0.6 is 11.6 Å². The van der Waals surface area contributed by atoms with Gasteiger partial charge in [-0.25, -0.2) is 29.7 Å². The van der Waals surface area contributed by atoms with Crippen molar-refractivity contribution >= 4 is 70.5 Å². The fourth-order valence-corrected chi connectivity index (χ4v) is 13.2. The van der Waals surface area contributed by atoms with Crippen molar-refractivity contribution in [3.8, 4) is 0 Å². The van der Waals surface area contributed by atoms with Gasteiger partial charge in [-0.3, -0.25) is 43.9 Å². The summed E-state index contributed by atoms with van der Waals surface area (Å²) >= 11 is 5.47. The van der Waals surface area contributed by atoms with Gasteiger partial charge in [0.05, 0.1) is 41.1 Å². The Morgan fingerprint density at radius 1 is 0.482 bits per heavy atom. The average Bonchev–Trinajstić information content (AvgIpc) is 0.851. The second kappa shape index (κ2) is 50.2. The number of rotatable bonds is 40. The van der Waals surface area contributed by atoms with Crippen molar-refractivity contribution in [2.75, 3.05) is 119 Å². The van der Waals surface area contributed by atoms with Gasteiger partial charge in [-0.15, -0.1) is 0 Å². The van der Waals surface area contributed by atoms with Crippen molar-refractivity contribution in [2.45, 2.75) is 228 Å². The van der Waals surface area contributed by atoms with Crippen LogP contribution in [0.3, 0.4) is 0 Å². The van der Waals surface area contributed by atoms with Crippen LogP contribution in [0.5, 0.6) is 0 Å². The predicted molar refractivity (Wildman–Crippen MR) is 448 cm³/mol. The number of nitrogens with one attached hydrogen (secondary N) is 7. The Bertz CT molecular complexity index is 3920. The number of aryl methyl sites for hydroxylation is 9. The van der Waals surface area contributed by atoms with Crippen LogP contribution in [0.1, 0.15) is 196 Å². The average molecular weight is 1600 g/mol. The number of aliphatic carboxylic acids is 1. The number of unbranched alkanes of at least 4 members (excludes halogenated alkanes) is 3. The fraction of sp³-hybridized carbons (Fsp3) is 0.607. The molecule has 9 heterocycles. The van der Waals surface area contributed by atoms with Crippen molar-refractivity contribution < 1.29 is 43.3 Å². The number of anilines is 4. The van der Waals surface area contributed by atoms with Gasteiger partial charge < -0.3 is 72.2 Å². The van der Waals surface area contributed by atoms with E-state index in [-0.39, 0.29) is 29.7 Å². The first-order chi connectivity index (χ1) is 54.4. The Balaban J connectivity index is 0.000000254. The normalized spacial score (nSPS) is 13.6. The van der Waals surface area contributed by atoms with E-state index in [0.29, 0.717) is 94.7 Å². The van der Waals surface area contributed by atoms with Crippen molar-refractivity contribution in [1.29, 1.82) is 0 Å². The third kappa shape index (κ3) is 39.3. The molecule has 3 atom stereocenters. The molecule has 0 aromatic carbocycles. The molecule has 0 bridgehead atoms. The molecular formula is C84H129ClN20O9. The van der Waals surface area contributed by atoms with Gasteiger partial charge in [0.2, 0.25) is 17.7 Å². The molecule has 3 amide bonds. The molecule has 9 rings (SSSR count). The van der Waals surface area contributed by atoms with E-state index in [0.717, 1.165) is 187 Å². The van der Waals surface area contributed by atoms with Crippen molar-refractivity contribution in [3.63, 3.8) is 0 Å². The molecule has 10 N–H and O–H groups in total. The lowest BCUT2D eigenvalue weighted by Crippen LogP contribution is -2.41. The molecule has 0 radical (unpaired) electrons. The molecule has 0 spiro atoms. The number of fused-ring (bicyclic) bond motifs is 3. The van der Waals surface area contributed by atoms with Gasteiger partial charge in [0, 0.05) is 141 Å². The summed E-state index contributed by atoms with van der Waals surface area (Å²) in [5.74, 6) is 1.48. The first kappa shape index (κ1) is 93.7. The molecule has 0 aliphatic carbocycles. The molecule has 0 fully saturated rings. The number of nitrogens with zero attached hydrogens (tertiary/aromatic N) is 12. The predicted octanol–water partition coefficient (Wildman–Crippen LogP) is 9.84. The van der Waals surface area contributed by atoms with E-state index in [9.17, 15) is 33.9 Å². The number of halogens is 1. The Hall–Kier alpha value is -9.16. The van der Waals surface area contributed by atoms with Crippen LogP contribution in [0.2, 0.25) is 5.15 Å².